The Balaban J connectivity index is 1.90. The molecule has 1 aromatic heterocycles. The number of hydrogen-bond donors (Lipinski definition) is 3. The van der Waals surface area contributed by atoms with Gasteiger partial charge in [-0.15, -0.1) is 11.3 Å². The van der Waals surface area contributed by atoms with Gasteiger partial charge in [-0.05, 0) is 48.1 Å². The van der Waals surface area contributed by atoms with Gasteiger partial charge in [-0.3, -0.25) is 10.1 Å². The number of carbonyl (C=O) groups excluding carboxylic acids is 1. The Kier molecular flexibility index (Phi) is 3.74. The smallest absolute Gasteiger partial charge is 0.335 e. The fraction of sp³-hybridized carbons (Fsp3) is 0. The van der Waals surface area contributed by atoms with E-state index >= 15 is 0 Å². The molecule has 2 heterocycles. The van der Waals surface area contributed by atoms with Crippen LogP contribution in [0.5, 0.6) is 0 Å². The molecule has 3 N–H and O–H groups in total. The number of rotatable bonds is 3. The zero-order valence-electron chi connectivity index (χ0n) is 11.1. The number of carboxylic acid groups (broad SMARTS) is 1. The number of thiophene rings is 1. The summed E-state index contributed by atoms with van der Waals surface area (Å²) in [6.45, 7) is 0. The summed E-state index contributed by atoms with van der Waals surface area (Å²) in [5.41, 5.74) is 1.47. The van der Waals surface area contributed by atoms with Crippen molar-refractivity contribution in [1.82, 2.24) is 10.6 Å². The lowest BCUT2D eigenvalue weighted by Crippen LogP contribution is -2.21. The minimum absolute atomic E-state index is 0.244. The zero-order valence-corrected chi connectivity index (χ0v) is 12.8. The third kappa shape index (κ3) is 2.90. The van der Waals surface area contributed by atoms with Crippen molar-refractivity contribution in [3.63, 3.8) is 0 Å². The fourth-order valence-electron chi connectivity index (χ4n) is 2.02. The normalized spacial score (nSPS) is 15.7. The first-order chi connectivity index (χ1) is 10.5. The number of thiocarbonyl (C=S) groups is 1. The van der Waals surface area contributed by atoms with Gasteiger partial charge in [0, 0.05) is 9.75 Å². The maximum absolute atomic E-state index is 11.6. The molecule has 0 unspecified atom stereocenters. The minimum atomic E-state index is -0.957. The van der Waals surface area contributed by atoms with Gasteiger partial charge >= 0.3 is 5.97 Å². The summed E-state index contributed by atoms with van der Waals surface area (Å²) in [5, 5.41) is 14.6. The van der Waals surface area contributed by atoms with Crippen molar-refractivity contribution in [3.05, 3.63) is 52.5 Å². The molecule has 1 amide bonds. The molecule has 1 aromatic carbocycles. The van der Waals surface area contributed by atoms with Crippen LogP contribution in [0.4, 0.5) is 0 Å². The second kappa shape index (κ2) is 5.70. The molecule has 7 heteroatoms. The second-order valence-corrected chi connectivity index (χ2v) is 6.08. The number of hydrogen-bond acceptors (Lipinski definition) is 4. The lowest BCUT2D eigenvalue weighted by Gasteiger charge is -1.99. The third-order valence-electron chi connectivity index (χ3n) is 3.03. The highest BCUT2D eigenvalue weighted by molar-refractivity contribution is 7.80. The number of amides is 1. The van der Waals surface area contributed by atoms with Crippen LogP contribution < -0.4 is 10.6 Å². The van der Waals surface area contributed by atoms with E-state index in [1.165, 1.54) is 11.3 Å². The lowest BCUT2D eigenvalue weighted by molar-refractivity contribution is -0.115. The first kappa shape index (κ1) is 14.4. The zero-order chi connectivity index (χ0) is 15.7. The van der Waals surface area contributed by atoms with E-state index in [0.29, 0.717) is 10.8 Å². The number of aromatic carboxylic acids is 1. The number of nitrogens with one attached hydrogen (secondary N) is 2. The quantitative estimate of drug-likeness (QED) is 0.595. The van der Waals surface area contributed by atoms with E-state index in [0.717, 1.165) is 15.3 Å². The Labute approximate surface area is 135 Å². The van der Waals surface area contributed by atoms with Crippen molar-refractivity contribution in [1.29, 1.82) is 0 Å². The predicted molar refractivity (Wildman–Crippen MR) is 88.6 cm³/mol. The summed E-state index contributed by atoms with van der Waals surface area (Å²) in [5.74, 6) is -1.21. The molecule has 0 radical (unpaired) electrons. The van der Waals surface area contributed by atoms with Gasteiger partial charge in [0.15, 0.2) is 5.11 Å². The molecular weight excluding hydrogens is 320 g/mol. The van der Waals surface area contributed by atoms with Gasteiger partial charge < -0.3 is 10.4 Å². The SMILES string of the molecule is O=C1NC(=S)N/C1=C\c1ccc(-c2cccc(C(=O)O)c2)s1. The van der Waals surface area contributed by atoms with E-state index < -0.39 is 5.97 Å². The van der Waals surface area contributed by atoms with Gasteiger partial charge in [-0.25, -0.2) is 4.79 Å². The van der Waals surface area contributed by atoms with E-state index in [2.05, 4.69) is 10.6 Å². The second-order valence-electron chi connectivity index (χ2n) is 4.55. The average Bonchev–Trinajstić information content (AvgIpc) is 3.06. The molecular formula is C15H10N2O3S2. The van der Waals surface area contributed by atoms with Crippen LogP contribution in [-0.4, -0.2) is 22.1 Å². The number of carboxylic acids is 1. The highest BCUT2D eigenvalue weighted by Gasteiger charge is 2.20. The van der Waals surface area contributed by atoms with E-state index in [-0.39, 0.29) is 11.5 Å². The van der Waals surface area contributed by atoms with Crippen molar-refractivity contribution in [2.45, 2.75) is 0 Å². The first-order valence-corrected chi connectivity index (χ1v) is 7.53. The standard InChI is InChI=1S/C15H10N2O3S2/c18-13-11(16-15(21)17-13)7-10-4-5-12(22-10)8-2-1-3-9(6-8)14(19)20/h1-7H,(H,19,20)(H2,16,17,18,21)/b11-7-. The Morgan fingerprint density at radius 3 is 2.73 bits per heavy atom. The molecule has 1 fully saturated rings. The van der Waals surface area contributed by atoms with E-state index in [1.54, 1.807) is 24.3 Å². The summed E-state index contributed by atoms with van der Waals surface area (Å²) in [6, 6.07) is 10.5. The molecule has 5 nitrogen and oxygen atoms in total. The number of carbonyl (C=O) groups is 2. The van der Waals surface area contributed by atoms with Gasteiger partial charge in [0.1, 0.15) is 5.70 Å². The van der Waals surface area contributed by atoms with E-state index in [1.807, 2.05) is 18.2 Å². The molecule has 0 bridgehead atoms. The van der Waals surface area contributed by atoms with Crippen LogP contribution in [0.1, 0.15) is 15.2 Å². The van der Waals surface area contributed by atoms with Gasteiger partial charge in [0.05, 0.1) is 5.56 Å². The Morgan fingerprint density at radius 2 is 2.05 bits per heavy atom. The van der Waals surface area contributed by atoms with Gasteiger partial charge in [-0.2, -0.15) is 0 Å². The van der Waals surface area contributed by atoms with E-state index in [4.69, 9.17) is 17.3 Å². The Morgan fingerprint density at radius 1 is 1.23 bits per heavy atom. The monoisotopic (exact) mass is 330 g/mol. The molecule has 1 aliphatic heterocycles. The molecule has 2 aromatic rings. The molecule has 0 spiro atoms. The van der Waals surface area contributed by atoms with Crippen molar-refractivity contribution in [2.75, 3.05) is 0 Å². The molecule has 0 aliphatic carbocycles. The third-order valence-corrected chi connectivity index (χ3v) is 4.31. The average molecular weight is 330 g/mol. The predicted octanol–water partition coefficient (Wildman–Crippen LogP) is 2.46. The molecule has 22 heavy (non-hydrogen) atoms. The fourth-order valence-corrected chi connectivity index (χ4v) is 3.17. The minimum Gasteiger partial charge on any atom is -0.478 e. The topological polar surface area (TPSA) is 78.4 Å². The van der Waals surface area contributed by atoms with Crippen LogP contribution in [0.2, 0.25) is 0 Å². The van der Waals surface area contributed by atoms with Crippen LogP contribution >= 0.6 is 23.6 Å². The lowest BCUT2D eigenvalue weighted by atomic mass is 10.1. The number of benzene rings is 1. The maximum Gasteiger partial charge on any atom is 0.335 e. The molecule has 3 rings (SSSR count). The van der Waals surface area contributed by atoms with Crippen molar-refractivity contribution in [2.24, 2.45) is 0 Å². The molecule has 0 atom stereocenters. The van der Waals surface area contributed by atoms with Crippen LogP contribution in [0.15, 0.2) is 42.1 Å². The van der Waals surface area contributed by atoms with Crippen molar-refractivity contribution in [3.8, 4) is 10.4 Å². The maximum atomic E-state index is 11.6. The van der Waals surface area contributed by atoms with Crippen LogP contribution in [0.25, 0.3) is 16.5 Å². The summed E-state index contributed by atoms with van der Waals surface area (Å²) in [7, 11) is 0. The molecule has 1 saturated heterocycles. The summed E-state index contributed by atoms with van der Waals surface area (Å²) in [4.78, 5) is 24.4. The first-order valence-electron chi connectivity index (χ1n) is 6.30. The van der Waals surface area contributed by atoms with Gasteiger partial charge in [-0.1, -0.05) is 12.1 Å². The highest BCUT2D eigenvalue weighted by Crippen LogP contribution is 2.30. The van der Waals surface area contributed by atoms with Crippen LogP contribution in [0, 0.1) is 0 Å². The van der Waals surface area contributed by atoms with Crippen molar-refractivity contribution < 1.29 is 14.7 Å². The molecule has 110 valence electrons. The summed E-state index contributed by atoms with van der Waals surface area (Å²) < 4.78 is 0. The summed E-state index contributed by atoms with van der Waals surface area (Å²) in [6.07, 6.45) is 1.71. The highest BCUT2D eigenvalue weighted by atomic mass is 32.1. The van der Waals surface area contributed by atoms with Gasteiger partial charge in [0.2, 0.25) is 0 Å². The molecule has 1 aliphatic rings. The van der Waals surface area contributed by atoms with Gasteiger partial charge in [0.25, 0.3) is 5.91 Å². The Hall–Kier alpha value is -2.51. The van der Waals surface area contributed by atoms with Crippen LogP contribution in [0.3, 0.4) is 0 Å². The van der Waals surface area contributed by atoms with Crippen molar-refractivity contribution >= 4 is 46.6 Å². The van der Waals surface area contributed by atoms with E-state index in [9.17, 15) is 9.59 Å². The Bertz CT molecular complexity index is 824. The van der Waals surface area contributed by atoms with Crippen LogP contribution in [-0.2, 0) is 4.79 Å². The molecule has 0 saturated carbocycles. The summed E-state index contributed by atoms with van der Waals surface area (Å²) >= 11 is 6.34. The largest absolute Gasteiger partial charge is 0.478 e.